The van der Waals surface area contributed by atoms with E-state index in [0.717, 1.165) is 22.5 Å². The Balaban J connectivity index is 2.23. The summed E-state index contributed by atoms with van der Waals surface area (Å²) in [6.07, 6.45) is 1.79. The van der Waals surface area contributed by atoms with E-state index in [1.165, 1.54) is 0 Å². The molecular weight excluding hydrogens is 278 g/mol. The van der Waals surface area contributed by atoms with Crippen molar-refractivity contribution in [1.82, 2.24) is 9.78 Å². The van der Waals surface area contributed by atoms with E-state index in [0.29, 0.717) is 0 Å². The molecule has 2 rings (SSSR count). The summed E-state index contributed by atoms with van der Waals surface area (Å²) in [5.41, 5.74) is 3.26. The van der Waals surface area contributed by atoms with Gasteiger partial charge in [-0.05, 0) is 56.0 Å². The second kappa shape index (κ2) is 6.22. The lowest BCUT2D eigenvalue weighted by Gasteiger charge is -2.17. The lowest BCUT2D eigenvalue weighted by atomic mass is 9.99. The third-order valence-electron chi connectivity index (χ3n) is 3.77. The molecule has 1 atom stereocenters. The number of nitrogens with one attached hydrogen (secondary N) is 1. The number of carbonyl (C=O) groups is 1. The van der Waals surface area contributed by atoms with Crippen LogP contribution in [0.1, 0.15) is 49.6 Å². The van der Waals surface area contributed by atoms with Gasteiger partial charge >= 0.3 is 0 Å². The number of aryl methyl sites for hydroxylation is 2. The van der Waals surface area contributed by atoms with Crippen molar-refractivity contribution in [3.05, 3.63) is 41.2 Å². The van der Waals surface area contributed by atoms with Crippen LogP contribution in [0.15, 0.2) is 24.4 Å². The monoisotopic (exact) mass is 301 g/mol. The van der Waals surface area contributed by atoms with E-state index in [9.17, 15) is 9.90 Å². The number of nitrogens with zero attached hydrogens (tertiary/aromatic N) is 2. The molecule has 0 saturated carbocycles. The molecule has 0 spiro atoms. The lowest BCUT2D eigenvalue weighted by molar-refractivity contribution is -0.119. The van der Waals surface area contributed by atoms with Crippen molar-refractivity contribution in [2.24, 2.45) is 0 Å². The fourth-order valence-electron chi connectivity index (χ4n) is 2.31. The smallest absolute Gasteiger partial charge is 0.248 e. The molecule has 1 unspecified atom stereocenters. The SMILES string of the molecule is Cc1ccn(C(C)C(=O)Nc2cc(C(C)C)c(O)cc2C)n1. The van der Waals surface area contributed by atoms with E-state index < -0.39 is 6.04 Å². The van der Waals surface area contributed by atoms with Crippen LogP contribution in [-0.2, 0) is 4.79 Å². The average Bonchev–Trinajstić information content (AvgIpc) is 2.87. The summed E-state index contributed by atoms with van der Waals surface area (Å²) in [5, 5.41) is 17.2. The predicted molar refractivity (Wildman–Crippen MR) is 87.2 cm³/mol. The summed E-state index contributed by atoms with van der Waals surface area (Å²) >= 11 is 0. The molecule has 0 aliphatic heterocycles. The molecule has 1 amide bonds. The van der Waals surface area contributed by atoms with E-state index in [2.05, 4.69) is 10.4 Å². The summed E-state index contributed by atoms with van der Waals surface area (Å²) < 4.78 is 1.64. The first-order valence-electron chi connectivity index (χ1n) is 7.45. The van der Waals surface area contributed by atoms with Gasteiger partial charge in [-0.25, -0.2) is 0 Å². The zero-order valence-electron chi connectivity index (χ0n) is 13.7. The Hall–Kier alpha value is -2.30. The second-order valence-corrected chi connectivity index (χ2v) is 5.98. The van der Waals surface area contributed by atoms with Gasteiger partial charge in [0.25, 0.3) is 0 Å². The first-order valence-corrected chi connectivity index (χ1v) is 7.45. The summed E-state index contributed by atoms with van der Waals surface area (Å²) in [6.45, 7) is 9.57. The van der Waals surface area contributed by atoms with Gasteiger partial charge in [-0.15, -0.1) is 0 Å². The molecule has 1 aromatic carbocycles. The quantitative estimate of drug-likeness (QED) is 0.849. The van der Waals surface area contributed by atoms with E-state index >= 15 is 0 Å². The fourth-order valence-corrected chi connectivity index (χ4v) is 2.31. The van der Waals surface area contributed by atoms with Crippen molar-refractivity contribution in [2.75, 3.05) is 5.32 Å². The highest BCUT2D eigenvalue weighted by Crippen LogP contribution is 2.31. The van der Waals surface area contributed by atoms with Gasteiger partial charge in [0.1, 0.15) is 11.8 Å². The molecule has 0 radical (unpaired) electrons. The summed E-state index contributed by atoms with van der Waals surface area (Å²) in [5.74, 6) is 0.315. The number of hydrogen-bond donors (Lipinski definition) is 2. The van der Waals surface area contributed by atoms with Crippen molar-refractivity contribution < 1.29 is 9.90 Å². The van der Waals surface area contributed by atoms with Crippen molar-refractivity contribution in [3.63, 3.8) is 0 Å². The fraction of sp³-hybridized carbons (Fsp3) is 0.412. The number of phenolic OH excluding ortho intramolecular Hbond substituents is 1. The summed E-state index contributed by atoms with van der Waals surface area (Å²) in [7, 11) is 0. The minimum absolute atomic E-state index is 0.133. The molecule has 1 heterocycles. The van der Waals surface area contributed by atoms with Gasteiger partial charge in [-0.3, -0.25) is 9.48 Å². The number of benzene rings is 1. The maximum atomic E-state index is 12.4. The Kier molecular flexibility index (Phi) is 4.54. The van der Waals surface area contributed by atoms with Gasteiger partial charge in [0.2, 0.25) is 5.91 Å². The van der Waals surface area contributed by atoms with Crippen LogP contribution in [0.4, 0.5) is 5.69 Å². The predicted octanol–water partition coefficient (Wildman–Crippen LogP) is 3.53. The standard InChI is InChI=1S/C17H23N3O2/c1-10(2)14-9-15(11(3)8-16(14)21)18-17(22)13(5)20-7-6-12(4)19-20/h6-10,13,21H,1-5H3,(H,18,22). The molecule has 0 aliphatic carbocycles. The molecular formula is C17H23N3O2. The molecule has 2 aromatic rings. The summed E-state index contributed by atoms with van der Waals surface area (Å²) in [4.78, 5) is 12.4. The van der Waals surface area contributed by atoms with Crippen molar-refractivity contribution in [1.29, 1.82) is 0 Å². The Labute approximate surface area is 131 Å². The maximum Gasteiger partial charge on any atom is 0.248 e. The van der Waals surface area contributed by atoms with Crippen LogP contribution in [0, 0.1) is 13.8 Å². The largest absolute Gasteiger partial charge is 0.508 e. The van der Waals surface area contributed by atoms with E-state index in [1.807, 2.05) is 39.8 Å². The van der Waals surface area contributed by atoms with E-state index in [4.69, 9.17) is 0 Å². The Morgan fingerprint density at radius 1 is 1.27 bits per heavy atom. The van der Waals surface area contributed by atoms with Crippen molar-refractivity contribution in [3.8, 4) is 5.75 Å². The van der Waals surface area contributed by atoms with Gasteiger partial charge in [0.15, 0.2) is 0 Å². The highest BCUT2D eigenvalue weighted by atomic mass is 16.3. The molecule has 1 aromatic heterocycles. The molecule has 22 heavy (non-hydrogen) atoms. The number of phenols is 1. The number of carbonyl (C=O) groups excluding carboxylic acids is 1. The Morgan fingerprint density at radius 2 is 1.95 bits per heavy atom. The molecule has 5 nitrogen and oxygen atoms in total. The van der Waals surface area contributed by atoms with Gasteiger partial charge in [-0.1, -0.05) is 13.8 Å². The third kappa shape index (κ3) is 3.30. The number of aromatic hydroxyl groups is 1. The minimum Gasteiger partial charge on any atom is -0.508 e. The van der Waals surface area contributed by atoms with Gasteiger partial charge in [-0.2, -0.15) is 5.10 Å². The molecule has 118 valence electrons. The molecule has 2 N–H and O–H groups in total. The molecule has 0 bridgehead atoms. The number of rotatable bonds is 4. The third-order valence-corrected chi connectivity index (χ3v) is 3.77. The topological polar surface area (TPSA) is 67.2 Å². The Morgan fingerprint density at radius 3 is 2.50 bits per heavy atom. The van der Waals surface area contributed by atoms with Crippen LogP contribution >= 0.6 is 0 Å². The second-order valence-electron chi connectivity index (χ2n) is 5.98. The van der Waals surface area contributed by atoms with Crippen LogP contribution < -0.4 is 5.32 Å². The van der Waals surface area contributed by atoms with Crippen LogP contribution in [0.3, 0.4) is 0 Å². The molecule has 0 aliphatic rings. The zero-order valence-corrected chi connectivity index (χ0v) is 13.7. The highest BCUT2D eigenvalue weighted by Gasteiger charge is 2.18. The van der Waals surface area contributed by atoms with E-state index in [1.54, 1.807) is 23.9 Å². The van der Waals surface area contributed by atoms with Crippen molar-refractivity contribution in [2.45, 2.75) is 46.6 Å². The van der Waals surface area contributed by atoms with Gasteiger partial charge in [0, 0.05) is 11.9 Å². The zero-order chi connectivity index (χ0) is 16.4. The number of anilines is 1. The first kappa shape index (κ1) is 16.1. The molecule has 0 fully saturated rings. The van der Waals surface area contributed by atoms with Gasteiger partial charge in [0.05, 0.1) is 5.69 Å². The van der Waals surface area contributed by atoms with Crippen molar-refractivity contribution >= 4 is 11.6 Å². The average molecular weight is 301 g/mol. The van der Waals surface area contributed by atoms with Crippen LogP contribution in [0.5, 0.6) is 5.75 Å². The van der Waals surface area contributed by atoms with Crippen LogP contribution in [0.2, 0.25) is 0 Å². The maximum absolute atomic E-state index is 12.4. The highest BCUT2D eigenvalue weighted by molar-refractivity contribution is 5.94. The summed E-state index contributed by atoms with van der Waals surface area (Å²) in [6, 6.07) is 5.00. The molecule has 5 heteroatoms. The van der Waals surface area contributed by atoms with E-state index in [-0.39, 0.29) is 17.6 Å². The first-order chi connectivity index (χ1) is 10.3. The van der Waals surface area contributed by atoms with Gasteiger partial charge < -0.3 is 10.4 Å². The Bertz CT molecular complexity index is 689. The normalized spacial score (nSPS) is 12.5. The number of aromatic nitrogens is 2. The molecule has 0 saturated heterocycles. The lowest BCUT2D eigenvalue weighted by Crippen LogP contribution is -2.24. The number of hydrogen-bond acceptors (Lipinski definition) is 3. The minimum atomic E-state index is -0.399. The van der Waals surface area contributed by atoms with Crippen LogP contribution in [-0.4, -0.2) is 20.8 Å². The number of amides is 1. The van der Waals surface area contributed by atoms with Crippen LogP contribution in [0.25, 0.3) is 0 Å².